The zero-order valence-corrected chi connectivity index (χ0v) is 9.98. The van der Waals surface area contributed by atoms with Crippen molar-refractivity contribution in [3.63, 3.8) is 0 Å². The number of likely N-dealkylation sites (tertiary alicyclic amines) is 1. The lowest BCUT2D eigenvalue weighted by molar-refractivity contribution is 0.00279. The van der Waals surface area contributed by atoms with Gasteiger partial charge in [-0.25, -0.2) is 4.79 Å². The maximum absolute atomic E-state index is 10.7. The third kappa shape index (κ3) is 2.41. The monoisotopic (exact) mass is 260 g/mol. The minimum Gasteiger partial charge on any atom is -0.465 e. The van der Waals surface area contributed by atoms with Crippen LogP contribution in [0.25, 0.3) is 0 Å². The zero-order chi connectivity index (χ0) is 14.0. The van der Waals surface area contributed by atoms with Gasteiger partial charge in [-0.15, -0.1) is 0 Å². The van der Waals surface area contributed by atoms with Gasteiger partial charge >= 0.3 is 6.09 Å². The average molecular weight is 260 g/mol. The van der Waals surface area contributed by atoms with Gasteiger partial charge in [0.1, 0.15) is 0 Å². The van der Waals surface area contributed by atoms with Gasteiger partial charge in [0.25, 0.3) is 0 Å². The third-order valence-electron chi connectivity index (χ3n) is 3.29. The van der Waals surface area contributed by atoms with E-state index in [1.807, 2.05) is 6.07 Å². The summed E-state index contributed by atoms with van der Waals surface area (Å²) >= 11 is 0. The van der Waals surface area contributed by atoms with E-state index in [2.05, 4.69) is 0 Å². The maximum Gasteiger partial charge on any atom is 0.407 e. The van der Waals surface area contributed by atoms with E-state index >= 15 is 0 Å². The van der Waals surface area contributed by atoms with Crippen LogP contribution < -0.4 is 0 Å². The highest BCUT2D eigenvalue weighted by molar-refractivity contribution is 5.79. The van der Waals surface area contributed by atoms with Crippen LogP contribution in [0, 0.1) is 17.2 Å². The van der Waals surface area contributed by atoms with Gasteiger partial charge < -0.3 is 15.1 Å². The summed E-state index contributed by atoms with van der Waals surface area (Å²) < 4.78 is 0. The van der Waals surface area contributed by atoms with Crippen LogP contribution in [-0.2, 0) is 0 Å². The van der Waals surface area contributed by atoms with Crippen molar-refractivity contribution >= 4 is 12.4 Å². The largest absolute Gasteiger partial charge is 0.465 e. The van der Waals surface area contributed by atoms with E-state index in [1.54, 1.807) is 6.07 Å². The number of carbonyl (C=O) groups is 2. The number of aliphatic hydroxyl groups excluding tert-OH is 1. The molecule has 0 saturated carbocycles. The standard InChI is InChI=1S/C13H12N2O4/c14-4-10-3-8(1-2-9(10)7-16)12(17)11-5-15(6-11)13(18)19/h1-3,7,11-12,17H,5-6H2,(H,18,19). The first-order valence-electron chi connectivity index (χ1n) is 5.72. The van der Waals surface area contributed by atoms with E-state index in [0.717, 1.165) is 0 Å². The minimum absolute atomic E-state index is 0.176. The second-order valence-electron chi connectivity index (χ2n) is 4.47. The molecule has 1 aromatic carbocycles. The molecule has 0 bridgehead atoms. The second-order valence-corrected chi connectivity index (χ2v) is 4.47. The molecule has 19 heavy (non-hydrogen) atoms. The van der Waals surface area contributed by atoms with E-state index in [4.69, 9.17) is 10.4 Å². The molecular formula is C13H12N2O4. The summed E-state index contributed by atoms with van der Waals surface area (Å²) in [6.45, 7) is 0.543. The van der Waals surface area contributed by atoms with E-state index < -0.39 is 12.2 Å². The van der Waals surface area contributed by atoms with E-state index in [0.29, 0.717) is 11.8 Å². The van der Waals surface area contributed by atoms with Gasteiger partial charge in [0, 0.05) is 24.6 Å². The number of carboxylic acid groups (broad SMARTS) is 1. The highest BCUT2D eigenvalue weighted by Gasteiger charge is 2.36. The predicted molar refractivity (Wildman–Crippen MR) is 64.6 cm³/mol. The molecule has 6 nitrogen and oxygen atoms in total. The molecule has 1 heterocycles. The number of carbonyl (C=O) groups excluding carboxylic acids is 1. The molecular weight excluding hydrogens is 248 g/mol. The van der Waals surface area contributed by atoms with Crippen LogP contribution in [0.4, 0.5) is 4.79 Å². The molecule has 1 fully saturated rings. The summed E-state index contributed by atoms with van der Waals surface area (Å²) in [5, 5.41) is 27.7. The van der Waals surface area contributed by atoms with Crippen molar-refractivity contribution in [1.29, 1.82) is 5.26 Å². The van der Waals surface area contributed by atoms with Crippen LogP contribution in [0.5, 0.6) is 0 Å². The maximum atomic E-state index is 10.7. The predicted octanol–water partition coefficient (Wildman–Crippen LogP) is 1.01. The van der Waals surface area contributed by atoms with Crippen LogP contribution in [0.1, 0.15) is 27.6 Å². The van der Waals surface area contributed by atoms with Crippen molar-refractivity contribution < 1.29 is 19.8 Å². The van der Waals surface area contributed by atoms with Crippen LogP contribution in [0.15, 0.2) is 18.2 Å². The molecule has 1 aliphatic heterocycles. The molecule has 1 saturated heterocycles. The summed E-state index contributed by atoms with van der Waals surface area (Å²) in [5.41, 5.74) is 1.01. The van der Waals surface area contributed by atoms with Gasteiger partial charge in [-0.05, 0) is 17.7 Å². The van der Waals surface area contributed by atoms with E-state index in [1.165, 1.54) is 17.0 Å². The van der Waals surface area contributed by atoms with Crippen molar-refractivity contribution in [2.75, 3.05) is 13.1 Å². The Hall–Kier alpha value is -2.39. The van der Waals surface area contributed by atoms with E-state index in [-0.39, 0.29) is 30.1 Å². The summed E-state index contributed by atoms with van der Waals surface area (Å²) in [4.78, 5) is 22.5. The molecule has 0 spiro atoms. The molecule has 2 rings (SSSR count). The van der Waals surface area contributed by atoms with Gasteiger partial charge in [-0.3, -0.25) is 4.79 Å². The fourth-order valence-electron chi connectivity index (χ4n) is 2.10. The first-order chi connectivity index (χ1) is 9.06. The van der Waals surface area contributed by atoms with Crippen LogP contribution in [0.2, 0.25) is 0 Å². The molecule has 1 atom stereocenters. The number of aldehydes is 1. The number of aliphatic hydroxyl groups is 1. The van der Waals surface area contributed by atoms with Gasteiger partial charge in [0.15, 0.2) is 6.29 Å². The van der Waals surface area contributed by atoms with Crippen LogP contribution in [0.3, 0.4) is 0 Å². The Labute approximate surface area is 109 Å². The lowest BCUT2D eigenvalue weighted by atomic mass is 9.88. The second kappa shape index (κ2) is 5.08. The topological polar surface area (TPSA) is 102 Å². The number of rotatable bonds is 3. The molecule has 0 radical (unpaired) electrons. The highest BCUT2D eigenvalue weighted by atomic mass is 16.4. The lowest BCUT2D eigenvalue weighted by Crippen LogP contribution is -2.51. The minimum atomic E-state index is -1.00. The zero-order valence-electron chi connectivity index (χ0n) is 9.98. The Balaban J connectivity index is 2.13. The van der Waals surface area contributed by atoms with Crippen LogP contribution >= 0.6 is 0 Å². The van der Waals surface area contributed by atoms with Crippen LogP contribution in [-0.4, -0.2) is 40.6 Å². The first-order valence-corrected chi connectivity index (χ1v) is 5.72. The molecule has 1 unspecified atom stereocenters. The van der Waals surface area contributed by atoms with Crippen molar-refractivity contribution in [2.45, 2.75) is 6.10 Å². The normalized spacial score (nSPS) is 16.3. The van der Waals surface area contributed by atoms with Gasteiger partial charge in [0.05, 0.1) is 17.7 Å². The molecule has 0 aromatic heterocycles. The SMILES string of the molecule is N#Cc1cc(C(O)C2CN(C(=O)O)C2)ccc1C=O. The highest BCUT2D eigenvalue weighted by Crippen LogP contribution is 2.30. The van der Waals surface area contributed by atoms with Gasteiger partial charge in [0.2, 0.25) is 0 Å². The molecule has 1 aromatic rings. The number of amides is 1. The van der Waals surface area contributed by atoms with Crippen molar-refractivity contribution in [3.8, 4) is 6.07 Å². The molecule has 98 valence electrons. The van der Waals surface area contributed by atoms with Gasteiger partial charge in [-0.2, -0.15) is 5.26 Å². The Morgan fingerprint density at radius 3 is 2.74 bits per heavy atom. The fourth-order valence-corrected chi connectivity index (χ4v) is 2.10. The molecule has 6 heteroatoms. The van der Waals surface area contributed by atoms with Crippen molar-refractivity contribution in [2.24, 2.45) is 5.92 Å². The Morgan fingerprint density at radius 1 is 1.53 bits per heavy atom. The number of hydrogen-bond donors (Lipinski definition) is 2. The van der Waals surface area contributed by atoms with Gasteiger partial charge in [-0.1, -0.05) is 6.07 Å². The molecule has 2 N–H and O–H groups in total. The van der Waals surface area contributed by atoms with Crippen molar-refractivity contribution in [1.82, 2.24) is 4.90 Å². The molecule has 1 aliphatic rings. The Morgan fingerprint density at radius 2 is 2.21 bits per heavy atom. The first kappa shape index (κ1) is 13.1. The number of hydrogen-bond acceptors (Lipinski definition) is 4. The molecule has 1 amide bonds. The number of nitriles is 1. The molecule has 0 aliphatic carbocycles. The third-order valence-corrected chi connectivity index (χ3v) is 3.29. The number of nitrogens with zero attached hydrogens (tertiary/aromatic N) is 2. The average Bonchev–Trinajstić information content (AvgIpc) is 2.35. The van der Waals surface area contributed by atoms with Crippen molar-refractivity contribution in [3.05, 3.63) is 34.9 Å². The Kier molecular flexibility index (Phi) is 3.49. The smallest absolute Gasteiger partial charge is 0.407 e. The quantitative estimate of drug-likeness (QED) is 0.790. The summed E-state index contributed by atoms with van der Waals surface area (Å²) in [7, 11) is 0. The lowest BCUT2D eigenvalue weighted by Gasteiger charge is -2.39. The van der Waals surface area contributed by atoms with E-state index in [9.17, 15) is 14.7 Å². The summed E-state index contributed by atoms with van der Waals surface area (Å²) in [5.74, 6) is -0.176. The summed E-state index contributed by atoms with van der Waals surface area (Å²) in [6, 6.07) is 6.43. The number of benzene rings is 1. The fraction of sp³-hybridized carbons (Fsp3) is 0.308. The Bertz CT molecular complexity index is 558. The summed E-state index contributed by atoms with van der Waals surface area (Å²) in [6.07, 6.45) is -1.25.